The van der Waals surface area contributed by atoms with Gasteiger partial charge in [-0.1, -0.05) is 55.5 Å². The first-order chi connectivity index (χ1) is 18.6. The molecule has 0 aromatic heterocycles. The lowest BCUT2D eigenvalue weighted by Crippen LogP contribution is -2.39. The molecule has 1 atom stereocenters. The molecule has 0 bridgehead atoms. The molecule has 0 N–H and O–H groups in total. The third kappa shape index (κ3) is 5.93. The van der Waals surface area contributed by atoms with Crippen molar-refractivity contribution in [1.29, 1.82) is 0 Å². The van der Waals surface area contributed by atoms with Crippen LogP contribution in [0.3, 0.4) is 0 Å². The van der Waals surface area contributed by atoms with E-state index in [1.54, 1.807) is 51.1 Å². The van der Waals surface area contributed by atoms with E-state index >= 15 is 0 Å². The van der Waals surface area contributed by atoms with Gasteiger partial charge in [0.15, 0.2) is 5.78 Å². The van der Waals surface area contributed by atoms with Crippen molar-refractivity contribution in [3.63, 3.8) is 0 Å². The van der Waals surface area contributed by atoms with Gasteiger partial charge in [0.1, 0.15) is 5.75 Å². The number of carbonyl (C=O) groups is 3. The van der Waals surface area contributed by atoms with Gasteiger partial charge in [-0.2, -0.15) is 0 Å². The average Bonchev–Trinajstić information content (AvgIpc) is 2.94. The van der Waals surface area contributed by atoms with E-state index in [0.29, 0.717) is 17.7 Å². The molecule has 4 aromatic carbocycles. The number of esters is 2. The van der Waals surface area contributed by atoms with Crippen molar-refractivity contribution in [2.75, 3.05) is 7.11 Å². The first kappa shape index (κ1) is 27.8. The predicted molar refractivity (Wildman–Crippen MR) is 156 cm³/mol. The largest absolute Gasteiger partial charge is 0.469 e. The smallest absolute Gasteiger partial charge is 0.317 e. The zero-order valence-corrected chi connectivity index (χ0v) is 23.1. The fourth-order valence-electron chi connectivity index (χ4n) is 5.07. The number of hydrogen-bond acceptors (Lipinski definition) is 5. The number of hydrogen-bond donors (Lipinski definition) is 0. The lowest BCUT2D eigenvalue weighted by Gasteiger charge is -2.33. The molecule has 4 rings (SSSR count). The van der Waals surface area contributed by atoms with Crippen molar-refractivity contribution in [3.8, 4) is 5.75 Å². The van der Waals surface area contributed by atoms with Gasteiger partial charge in [0, 0.05) is 5.56 Å². The summed E-state index contributed by atoms with van der Waals surface area (Å²) in [6.07, 6.45) is 4.23. The van der Waals surface area contributed by atoms with Crippen LogP contribution in [0.25, 0.3) is 27.6 Å². The number of ketones is 1. The van der Waals surface area contributed by atoms with E-state index in [-0.39, 0.29) is 18.2 Å². The Morgan fingerprint density at radius 2 is 1.36 bits per heavy atom. The molecular weight excluding hydrogens is 488 g/mol. The van der Waals surface area contributed by atoms with Crippen molar-refractivity contribution in [2.24, 2.45) is 10.8 Å². The Kier molecular flexibility index (Phi) is 8.01. The van der Waals surface area contributed by atoms with Crippen LogP contribution in [-0.4, -0.2) is 24.8 Å². The highest BCUT2D eigenvalue weighted by Gasteiger charge is 2.42. The minimum atomic E-state index is -0.879. The van der Waals surface area contributed by atoms with Gasteiger partial charge in [-0.15, -0.1) is 0 Å². The summed E-state index contributed by atoms with van der Waals surface area (Å²) in [5.74, 6) is -0.606. The van der Waals surface area contributed by atoms with Crippen LogP contribution >= 0.6 is 0 Å². The molecule has 0 aliphatic heterocycles. The molecule has 200 valence electrons. The number of allylic oxidation sites excluding steroid dienone is 1. The van der Waals surface area contributed by atoms with Crippen LogP contribution in [0.15, 0.2) is 84.9 Å². The third-order valence-corrected chi connectivity index (χ3v) is 7.41. The van der Waals surface area contributed by atoms with Crippen molar-refractivity contribution in [3.05, 3.63) is 96.1 Å². The van der Waals surface area contributed by atoms with Crippen LogP contribution in [0.4, 0.5) is 0 Å². The first-order valence-corrected chi connectivity index (χ1v) is 13.1. The van der Waals surface area contributed by atoms with Gasteiger partial charge in [-0.3, -0.25) is 14.4 Å². The topological polar surface area (TPSA) is 69.7 Å². The summed E-state index contributed by atoms with van der Waals surface area (Å²) < 4.78 is 10.6. The average molecular weight is 523 g/mol. The van der Waals surface area contributed by atoms with E-state index in [9.17, 15) is 14.4 Å². The molecule has 4 aromatic rings. The highest BCUT2D eigenvalue weighted by atomic mass is 16.5. The van der Waals surface area contributed by atoms with Crippen LogP contribution in [0.2, 0.25) is 0 Å². The number of benzene rings is 4. The van der Waals surface area contributed by atoms with Crippen molar-refractivity contribution in [2.45, 2.75) is 40.5 Å². The number of fused-ring (bicyclic) bond motifs is 2. The van der Waals surface area contributed by atoms with E-state index in [1.807, 2.05) is 37.3 Å². The van der Waals surface area contributed by atoms with E-state index in [2.05, 4.69) is 30.3 Å². The molecule has 0 saturated heterocycles. The highest BCUT2D eigenvalue weighted by Crippen LogP contribution is 2.38. The molecule has 0 aliphatic rings. The molecule has 5 heteroatoms. The Morgan fingerprint density at radius 3 is 1.90 bits per heavy atom. The Bertz CT molecular complexity index is 1510. The maximum Gasteiger partial charge on any atom is 0.317 e. The number of ether oxygens (including phenoxy) is 2. The van der Waals surface area contributed by atoms with Crippen LogP contribution < -0.4 is 4.74 Å². The monoisotopic (exact) mass is 522 g/mol. The van der Waals surface area contributed by atoms with Crippen LogP contribution in [-0.2, 0) is 14.3 Å². The summed E-state index contributed by atoms with van der Waals surface area (Å²) in [5, 5.41) is 4.39. The van der Waals surface area contributed by atoms with Gasteiger partial charge < -0.3 is 9.47 Å². The molecule has 0 saturated carbocycles. The molecular formula is C34H34O5. The number of methoxy groups -OCH3 is 1. The number of rotatable bonds is 9. The standard InChI is InChI=1S/C34H34O5/c1-6-34(4,22-33(2,3)31(36)38-5)32(37)39-26-17-15-23(16-18-26)30(35)20-19-29-27-13-9-7-11-24(27)21-25-12-8-10-14-28(25)29/h7-21H,6,22H2,1-5H3/b20-19+. The summed E-state index contributed by atoms with van der Waals surface area (Å²) in [7, 11) is 1.34. The second-order valence-corrected chi connectivity index (χ2v) is 10.8. The summed E-state index contributed by atoms with van der Waals surface area (Å²) in [4.78, 5) is 38.3. The summed E-state index contributed by atoms with van der Waals surface area (Å²) in [6.45, 7) is 7.20. The van der Waals surface area contributed by atoms with E-state index < -0.39 is 16.8 Å². The molecule has 0 heterocycles. The molecule has 0 spiro atoms. The minimum Gasteiger partial charge on any atom is -0.469 e. The highest BCUT2D eigenvalue weighted by molar-refractivity contribution is 6.11. The van der Waals surface area contributed by atoms with Gasteiger partial charge >= 0.3 is 11.9 Å². The lowest BCUT2D eigenvalue weighted by atomic mass is 9.72. The summed E-state index contributed by atoms with van der Waals surface area (Å²) >= 11 is 0. The minimum absolute atomic E-state index is 0.150. The van der Waals surface area contributed by atoms with Gasteiger partial charge in [-0.05, 0) is 103 Å². The molecule has 0 aliphatic carbocycles. The lowest BCUT2D eigenvalue weighted by molar-refractivity contribution is -0.156. The molecule has 1 unspecified atom stereocenters. The van der Waals surface area contributed by atoms with Gasteiger partial charge in [0.25, 0.3) is 0 Å². The van der Waals surface area contributed by atoms with E-state index in [4.69, 9.17) is 9.47 Å². The normalized spacial score (nSPS) is 13.4. The van der Waals surface area contributed by atoms with Crippen LogP contribution in [0.5, 0.6) is 5.75 Å². The van der Waals surface area contributed by atoms with E-state index in [1.165, 1.54) is 7.11 Å². The maximum atomic E-state index is 13.1. The zero-order chi connectivity index (χ0) is 28.2. The molecule has 39 heavy (non-hydrogen) atoms. The van der Waals surface area contributed by atoms with E-state index in [0.717, 1.165) is 27.1 Å². The molecule has 0 amide bonds. The molecule has 0 radical (unpaired) electrons. The zero-order valence-electron chi connectivity index (χ0n) is 23.1. The second-order valence-electron chi connectivity index (χ2n) is 10.8. The molecule has 5 nitrogen and oxygen atoms in total. The summed E-state index contributed by atoms with van der Waals surface area (Å²) in [5.41, 5.74) is -0.232. The van der Waals surface area contributed by atoms with Gasteiger partial charge in [0.2, 0.25) is 0 Å². The molecule has 0 fully saturated rings. The third-order valence-electron chi connectivity index (χ3n) is 7.41. The second kappa shape index (κ2) is 11.2. The first-order valence-electron chi connectivity index (χ1n) is 13.1. The Hall–Kier alpha value is -4.25. The van der Waals surface area contributed by atoms with Crippen LogP contribution in [0, 0.1) is 10.8 Å². The Labute approximate surface area is 229 Å². The Balaban J connectivity index is 1.52. The van der Waals surface area contributed by atoms with Crippen LogP contribution in [0.1, 0.15) is 56.5 Å². The maximum absolute atomic E-state index is 13.1. The predicted octanol–water partition coefficient (Wildman–Crippen LogP) is 7.80. The van der Waals surface area contributed by atoms with Gasteiger partial charge in [-0.25, -0.2) is 0 Å². The fraction of sp³-hybridized carbons (Fsp3) is 0.265. The number of carbonyl (C=O) groups excluding carboxylic acids is 3. The van der Waals surface area contributed by atoms with Crippen molar-refractivity contribution < 1.29 is 23.9 Å². The van der Waals surface area contributed by atoms with Gasteiger partial charge in [0.05, 0.1) is 17.9 Å². The quantitative estimate of drug-likeness (QED) is 0.0737. The Morgan fingerprint density at radius 1 is 0.795 bits per heavy atom. The van der Waals surface area contributed by atoms with Crippen molar-refractivity contribution in [1.82, 2.24) is 0 Å². The van der Waals surface area contributed by atoms with Crippen molar-refractivity contribution >= 4 is 45.3 Å². The fourth-order valence-corrected chi connectivity index (χ4v) is 5.07. The SMILES string of the molecule is CCC(C)(CC(C)(C)C(=O)OC)C(=O)Oc1ccc(C(=O)/C=C/c2c3ccccc3cc3ccccc23)cc1. The summed E-state index contributed by atoms with van der Waals surface area (Å²) in [6, 6.07) is 25.0.